The summed E-state index contributed by atoms with van der Waals surface area (Å²) in [5.74, 6) is 0.0347. The Balaban J connectivity index is 2.16. The summed E-state index contributed by atoms with van der Waals surface area (Å²) in [4.78, 5) is 13.9. The van der Waals surface area contributed by atoms with Gasteiger partial charge >= 0.3 is 0 Å². The molecule has 1 heterocycles. The van der Waals surface area contributed by atoms with Crippen LogP contribution >= 0.6 is 11.3 Å². The van der Waals surface area contributed by atoms with Gasteiger partial charge in [0.05, 0.1) is 11.5 Å². The zero-order chi connectivity index (χ0) is 15.5. The fraction of sp³-hybridized carbons (Fsp3) is 0.353. The zero-order valence-electron chi connectivity index (χ0n) is 12.7. The maximum atomic E-state index is 12.7. The van der Waals surface area contributed by atoms with Crippen molar-refractivity contribution in [3.8, 4) is 0 Å². The van der Waals surface area contributed by atoms with Crippen LogP contribution in [0.1, 0.15) is 43.7 Å². The topological polar surface area (TPSA) is 55.1 Å². The summed E-state index contributed by atoms with van der Waals surface area (Å²) in [6.45, 7) is 5.96. The highest BCUT2D eigenvalue weighted by Crippen LogP contribution is 2.27. The molecule has 2 aromatic rings. The Kier molecular flexibility index (Phi) is 4.68. The van der Waals surface area contributed by atoms with E-state index in [4.69, 9.17) is 5.73 Å². The number of hydrogen-bond donors (Lipinski definition) is 2. The van der Waals surface area contributed by atoms with Crippen molar-refractivity contribution in [2.45, 2.75) is 38.6 Å². The molecule has 1 unspecified atom stereocenters. The molecule has 0 saturated heterocycles. The molecule has 4 heteroatoms. The van der Waals surface area contributed by atoms with Crippen LogP contribution < -0.4 is 11.1 Å². The Hall–Kier alpha value is -1.81. The minimum atomic E-state index is -0.585. The molecule has 0 aliphatic heterocycles. The molecule has 0 aliphatic rings. The molecule has 0 spiro atoms. The summed E-state index contributed by atoms with van der Waals surface area (Å²) in [5.41, 5.74) is 6.80. The quantitative estimate of drug-likeness (QED) is 0.824. The van der Waals surface area contributed by atoms with E-state index in [1.54, 1.807) is 11.3 Å². The second-order valence-electron chi connectivity index (χ2n) is 5.70. The van der Waals surface area contributed by atoms with Crippen LogP contribution in [0.3, 0.4) is 0 Å². The van der Waals surface area contributed by atoms with Gasteiger partial charge in [-0.25, -0.2) is 0 Å². The number of carbonyl (C=O) groups excluding carboxylic acids is 1. The number of nitrogens with one attached hydrogen (secondary N) is 1. The van der Waals surface area contributed by atoms with Crippen LogP contribution in [0.2, 0.25) is 0 Å². The molecule has 21 heavy (non-hydrogen) atoms. The van der Waals surface area contributed by atoms with Crippen LogP contribution in [0, 0.1) is 0 Å². The molecular weight excluding hydrogens is 280 g/mol. The number of anilines is 1. The lowest BCUT2D eigenvalue weighted by Gasteiger charge is -2.27. The molecule has 1 aromatic carbocycles. The molecule has 0 radical (unpaired) electrons. The number of hydrogen-bond acceptors (Lipinski definition) is 3. The third-order valence-electron chi connectivity index (χ3n) is 3.80. The maximum absolute atomic E-state index is 12.7. The van der Waals surface area contributed by atoms with Gasteiger partial charge in [0.25, 0.3) is 0 Å². The van der Waals surface area contributed by atoms with E-state index in [9.17, 15) is 4.79 Å². The van der Waals surface area contributed by atoms with Gasteiger partial charge in [0.15, 0.2) is 0 Å². The summed E-state index contributed by atoms with van der Waals surface area (Å²) < 4.78 is 0. The fourth-order valence-electron chi connectivity index (χ4n) is 2.23. The number of benzene rings is 1. The summed E-state index contributed by atoms with van der Waals surface area (Å²) in [6.07, 6.45) is 0.879. The number of thiophene rings is 1. The average molecular weight is 302 g/mol. The van der Waals surface area contributed by atoms with Crippen LogP contribution in [0.25, 0.3) is 0 Å². The second kappa shape index (κ2) is 6.31. The Bertz CT molecular complexity index is 588. The third kappa shape index (κ3) is 3.45. The Morgan fingerprint density at radius 1 is 1.29 bits per heavy atom. The molecule has 0 bridgehead atoms. The smallest absolute Gasteiger partial charge is 0.230 e. The summed E-state index contributed by atoms with van der Waals surface area (Å²) in [6, 6.07) is 11.7. The molecule has 0 aliphatic carbocycles. The first-order valence-electron chi connectivity index (χ1n) is 7.15. The van der Waals surface area contributed by atoms with Gasteiger partial charge in [-0.1, -0.05) is 25.1 Å². The zero-order valence-corrected chi connectivity index (χ0v) is 13.5. The molecule has 0 saturated carbocycles. The lowest BCUT2D eigenvalue weighted by atomic mass is 9.83. The van der Waals surface area contributed by atoms with Gasteiger partial charge < -0.3 is 11.1 Å². The van der Waals surface area contributed by atoms with Crippen LogP contribution in [0.15, 0.2) is 41.8 Å². The Labute approximate surface area is 130 Å². The largest absolute Gasteiger partial charge is 0.399 e. The van der Waals surface area contributed by atoms with Crippen molar-refractivity contribution < 1.29 is 4.79 Å². The van der Waals surface area contributed by atoms with Crippen molar-refractivity contribution in [2.24, 2.45) is 0 Å². The van der Waals surface area contributed by atoms with E-state index in [2.05, 4.69) is 18.3 Å². The van der Waals surface area contributed by atoms with Crippen molar-refractivity contribution >= 4 is 22.9 Å². The van der Waals surface area contributed by atoms with Crippen LogP contribution in [0.4, 0.5) is 5.69 Å². The monoisotopic (exact) mass is 302 g/mol. The molecular formula is C17H22N2OS. The van der Waals surface area contributed by atoms with Crippen molar-refractivity contribution in [2.75, 3.05) is 5.73 Å². The minimum absolute atomic E-state index is 0.0347. The lowest BCUT2D eigenvalue weighted by Crippen LogP contribution is -2.41. The van der Waals surface area contributed by atoms with E-state index in [0.717, 1.165) is 12.0 Å². The molecule has 3 N–H and O–H groups in total. The molecule has 1 aromatic heterocycles. The number of nitrogen functional groups attached to an aromatic ring is 1. The van der Waals surface area contributed by atoms with Gasteiger partial charge in [0, 0.05) is 10.6 Å². The molecule has 3 nitrogen and oxygen atoms in total. The van der Waals surface area contributed by atoms with Crippen molar-refractivity contribution in [3.63, 3.8) is 0 Å². The van der Waals surface area contributed by atoms with E-state index < -0.39 is 5.41 Å². The highest BCUT2D eigenvalue weighted by atomic mass is 32.1. The van der Waals surface area contributed by atoms with E-state index in [-0.39, 0.29) is 11.9 Å². The van der Waals surface area contributed by atoms with Crippen LogP contribution in [-0.2, 0) is 10.2 Å². The highest BCUT2D eigenvalue weighted by Gasteiger charge is 2.31. The predicted octanol–water partition coefficient (Wildman–Crippen LogP) is 3.88. The molecule has 2 rings (SSSR count). The maximum Gasteiger partial charge on any atom is 0.230 e. The summed E-state index contributed by atoms with van der Waals surface area (Å²) in [5, 5.41) is 5.20. The fourth-order valence-corrected chi connectivity index (χ4v) is 3.09. The van der Waals surface area contributed by atoms with Gasteiger partial charge in [0.2, 0.25) is 5.91 Å². The van der Waals surface area contributed by atoms with Gasteiger partial charge in [-0.15, -0.1) is 11.3 Å². The summed E-state index contributed by atoms with van der Waals surface area (Å²) in [7, 11) is 0. The van der Waals surface area contributed by atoms with Gasteiger partial charge in [-0.3, -0.25) is 4.79 Å². The number of rotatable bonds is 5. The van der Waals surface area contributed by atoms with Gasteiger partial charge in [-0.05, 0) is 49.4 Å². The van der Waals surface area contributed by atoms with Crippen molar-refractivity contribution in [1.82, 2.24) is 5.32 Å². The highest BCUT2D eigenvalue weighted by molar-refractivity contribution is 7.10. The van der Waals surface area contributed by atoms with Gasteiger partial charge in [-0.2, -0.15) is 0 Å². The minimum Gasteiger partial charge on any atom is -0.399 e. The SMILES string of the molecule is CCC(NC(=O)C(C)(C)c1ccc(N)cc1)c1cccs1. The van der Waals surface area contributed by atoms with E-state index in [1.807, 2.05) is 49.6 Å². The second-order valence-corrected chi connectivity index (χ2v) is 6.68. The average Bonchev–Trinajstić information content (AvgIpc) is 2.98. The molecule has 112 valence electrons. The molecule has 0 fully saturated rings. The number of carbonyl (C=O) groups is 1. The summed E-state index contributed by atoms with van der Waals surface area (Å²) >= 11 is 1.67. The van der Waals surface area contributed by atoms with Crippen LogP contribution in [0.5, 0.6) is 0 Å². The third-order valence-corrected chi connectivity index (χ3v) is 4.79. The molecule has 1 atom stereocenters. The Morgan fingerprint density at radius 3 is 2.48 bits per heavy atom. The van der Waals surface area contributed by atoms with Gasteiger partial charge in [0.1, 0.15) is 0 Å². The number of nitrogens with two attached hydrogens (primary N) is 1. The van der Waals surface area contributed by atoms with Crippen molar-refractivity contribution in [1.29, 1.82) is 0 Å². The first-order chi connectivity index (χ1) is 9.95. The standard InChI is InChI=1S/C17H22N2OS/c1-4-14(15-6-5-11-21-15)19-16(20)17(2,3)12-7-9-13(18)10-8-12/h5-11,14H,4,18H2,1-3H3,(H,19,20). The first-order valence-corrected chi connectivity index (χ1v) is 8.03. The predicted molar refractivity (Wildman–Crippen MR) is 89.4 cm³/mol. The molecule has 1 amide bonds. The van der Waals surface area contributed by atoms with Crippen molar-refractivity contribution in [3.05, 3.63) is 52.2 Å². The van der Waals surface area contributed by atoms with E-state index in [1.165, 1.54) is 4.88 Å². The lowest BCUT2D eigenvalue weighted by molar-refractivity contribution is -0.126. The van der Waals surface area contributed by atoms with E-state index >= 15 is 0 Å². The number of amides is 1. The first kappa shape index (κ1) is 15.6. The normalized spacial score (nSPS) is 12.9. The van der Waals surface area contributed by atoms with E-state index in [0.29, 0.717) is 5.69 Å². The van der Waals surface area contributed by atoms with Crippen LogP contribution in [-0.4, -0.2) is 5.91 Å². The Morgan fingerprint density at radius 2 is 1.95 bits per heavy atom.